The van der Waals surface area contributed by atoms with Gasteiger partial charge in [-0.25, -0.2) is 0 Å². The van der Waals surface area contributed by atoms with Crippen molar-refractivity contribution >= 4 is 10.1 Å². The molecule has 0 amide bonds. The Kier molecular flexibility index (Phi) is 4.80. The van der Waals surface area contributed by atoms with E-state index in [1.54, 1.807) is 0 Å². The van der Waals surface area contributed by atoms with Crippen LogP contribution < -0.4 is 0 Å². The summed E-state index contributed by atoms with van der Waals surface area (Å²) in [6.45, 7) is 10.3. The van der Waals surface area contributed by atoms with Gasteiger partial charge in [0.25, 0.3) is 10.1 Å². The normalized spacial score (nSPS) is 17.5. The molecule has 0 saturated carbocycles. The Bertz CT molecular complexity index is 293. The van der Waals surface area contributed by atoms with Crippen LogP contribution in [0.3, 0.4) is 0 Å². The van der Waals surface area contributed by atoms with E-state index in [1.165, 1.54) is 0 Å². The quantitative estimate of drug-likeness (QED) is 0.721. The third-order valence-electron chi connectivity index (χ3n) is 3.25. The molecule has 4 heteroatoms. The van der Waals surface area contributed by atoms with Crippen molar-refractivity contribution in [2.75, 3.05) is 5.75 Å². The van der Waals surface area contributed by atoms with E-state index >= 15 is 0 Å². The van der Waals surface area contributed by atoms with Gasteiger partial charge in [0.2, 0.25) is 0 Å². The molecule has 3 nitrogen and oxygen atoms in total. The van der Waals surface area contributed by atoms with Gasteiger partial charge in [-0.2, -0.15) is 8.42 Å². The Morgan fingerprint density at radius 2 is 1.53 bits per heavy atom. The van der Waals surface area contributed by atoms with Crippen molar-refractivity contribution < 1.29 is 13.0 Å². The van der Waals surface area contributed by atoms with Crippen molar-refractivity contribution in [3.63, 3.8) is 0 Å². The van der Waals surface area contributed by atoms with Crippen LogP contribution >= 0.6 is 0 Å². The lowest BCUT2D eigenvalue weighted by atomic mass is 9.72. The lowest BCUT2D eigenvalue weighted by molar-refractivity contribution is 0.183. The van der Waals surface area contributed by atoms with Crippen LogP contribution in [0.25, 0.3) is 0 Å². The fourth-order valence-electron chi connectivity index (χ4n) is 2.00. The molecule has 0 aliphatic rings. The first kappa shape index (κ1) is 14.9. The highest BCUT2D eigenvalue weighted by Gasteiger charge is 2.33. The van der Waals surface area contributed by atoms with Crippen LogP contribution in [0, 0.1) is 10.8 Å². The van der Waals surface area contributed by atoms with Gasteiger partial charge in [0, 0.05) is 0 Å². The summed E-state index contributed by atoms with van der Waals surface area (Å²) >= 11 is 0. The topological polar surface area (TPSA) is 54.4 Å². The summed E-state index contributed by atoms with van der Waals surface area (Å²) < 4.78 is 30.8. The third-order valence-corrected chi connectivity index (χ3v) is 4.31. The highest BCUT2D eigenvalue weighted by Crippen LogP contribution is 2.39. The molecule has 0 aliphatic carbocycles. The Hall–Kier alpha value is -0.0900. The van der Waals surface area contributed by atoms with E-state index < -0.39 is 10.1 Å². The second kappa shape index (κ2) is 4.83. The lowest BCUT2D eigenvalue weighted by Gasteiger charge is -2.35. The van der Waals surface area contributed by atoms with Crippen LogP contribution in [0.15, 0.2) is 0 Å². The average Bonchev–Trinajstić information content (AvgIpc) is 2.00. The highest BCUT2D eigenvalue weighted by molar-refractivity contribution is 7.85. The Labute approximate surface area is 94.0 Å². The van der Waals surface area contributed by atoms with Crippen LogP contribution in [0.5, 0.6) is 0 Å². The lowest BCUT2D eigenvalue weighted by Crippen LogP contribution is -2.31. The number of rotatable bonds is 6. The van der Waals surface area contributed by atoms with E-state index in [4.69, 9.17) is 4.55 Å². The molecule has 92 valence electrons. The van der Waals surface area contributed by atoms with Gasteiger partial charge in [-0.05, 0) is 23.7 Å². The second-order valence-electron chi connectivity index (χ2n) is 5.59. The molecule has 1 atom stereocenters. The van der Waals surface area contributed by atoms with Gasteiger partial charge in [-0.15, -0.1) is 0 Å². The molecule has 1 N–H and O–H groups in total. The summed E-state index contributed by atoms with van der Waals surface area (Å²) in [5, 5.41) is 0. The molecule has 0 aliphatic heterocycles. The largest absolute Gasteiger partial charge is 0.286 e. The van der Waals surface area contributed by atoms with Crippen molar-refractivity contribution in [1.29, 1.82) is 0 Å². The molecule has 15 heavy (non-hydrogen) atoms. The summed E-state index contributed by atoms with van der Waals surface area (Å²) in [7, 11) is -3.87. The van der Waals surface area contributed by atoms with Crippen molar-refractivity contribution in [1.82, 2.24) is 0 Å². The van der Waals surface area contributed by atoms with Crippen molar-refractivity contribution in [3.05, 3.63) is 0 Å². The van der Waals surface area contributed by atoms with Crippen LogP contribution in [0.4, 0.5) is 0 Å². The Morgan fingerprint density at radius 3 is 1.80 bits per heavy atom. The van der Waals surface area contributed by atoms with Gasteiger partial charge in [0.05, 0.1) is 5.75 Å². The van der Waals surface area contributed by atoms with Gasteiger partial charge in [0.15, 0.2) is 0 Å². The van der Waals surface area contributed by atoms with E-state index in [2.05, 4.69) is 20.8 Å². The van der Waals surface area contributed by atoms with Crippen LogP contribution in [-0.4, -0.2) is 18.7 Å². The van der Waals surface area contributed by atoms with E-state index in [0.29, 0.717) is 0 Å². The molecule has 0 radical (unpaired) electrons. The Balaban J connectivity index is 4.73. The number of hydrogen-bond donors (Lipinski definition) is 1. The van der Waals surface area contributed by atoms with Gasteiger partial charge in [-0.3, -0.25) is 4.55 Å². The van der Waals surface area contributed by atoms with Gasteiger partial charge >= 0.3 is 0 Å². The van der Waals surface area contributed by atoms with E-state index in [0.717, 1.165) is 19.3 Å². The first-order valence-corrected chi connectivity index (χ1v) is 7.10. The van der Waals surface area contributed by atoms with Crippen LogP contribution in [0.1, 0.15) is 53.9 Å². The zero-order valence-electron chi connectivity index (χ0n) is 10.5. The maximum Gasteiger partial charge on any atom is 0.265 e. The minimum Gasteiger partial charge on any atom is -0.286 e. The van der Waals surface area contributed by atoms with Crippen LogP contribution in [0.2, 0.25) is 0 Å². The summed E-state index contributed by atoms with van der Waals surface area (Å²) in [5.74, 6) is -0.139. The molecule has 0 spiro atoms. The molecule has 0 aromatic carbocycles. The smallest absolute Gasteiger partial charge is 0.265 e. The second-order valence-corrected chi connectivity index (χ2v) is 7.04. The highest BCUT2D eigenvalue weighted by atomic mass is 32.2. The molecule has 0 fully saturated rings. The first-order chi connectivity index (χ1) is 6.54. The average molecular weight is 236 g/mol. The molecule has 0 rings (SSSR count). The van der Waals surface area contributed by atoms with Gasteiger partial charge in [-0.1, -0.05) is 41.0 Å². The van der Waals surface area contributed by atoms with Crippen molar-refractivity contribution in [2.24, 2.45) is 10.8 Å². The predicted octanol–water partition coefficient (Wildman–Crippen LogP) is 3.12. The molecule has 0 aromatic rings. The molecule has 0 aromatic heterocycles. The monoisotopic (exact) mass is 236 g/mol. The fraction of sp³-hybridized carbons (Fsp3) is 1.00. The zero-order valence-corrected chi connectivity index (χ0v) is 11.3. The minimum atomic E-state index is -3.87. The van der Waals surface area contributed by atoms with Gasteiger partial charge in [0.1, 0.15) is 0 Å². The fourth-order valence-corrected chi connectivity index (χ4v) is 3.19. The molecule has 0 bridgehead atoms. The molecular weight excluding hydrogens is 212 g/mol. The standard InChI is InChI=1S/C11H24O3S/c1-6-10(3,4)8-11(5,7-2)9-15(12,13)14/h6-9H2,1-5H3,(H,12,13,14). The maximum absolute atomic E-state index is 10.9. The Morgan fingerprint density at radius 1 is 1.07 bits per heavy atom. The summed E-state index contributed by atoms with van der Waals surface area (Å²) in [5.41, 5.74) is -0.206. The van der Waals surface area contributed by atoms with Gasteiger partial charge < -0.3 is 0 Å². The van der Waals surface area contributed by atoms with Crippen molar-refractivity contribution in [2.45, 2.75) is 53.9 Å². The molecule has 0 heterocycles. The SMILES string of the molecule is CCC(C)(C)CC(C)(CC)CS(=O)(=O)O. The minimum absolute atomic E-state index is 0.120. The first-order valence-electron chi connectivity index (χ1n) is 5.49. The van der Waals surface area contributed by atoms with E-state index in [-0.39, 0.29) is 16.6 Å². The zero-order chi connectivity index (χ0) is 12.3. The number of hydrogen-bond acceptors (Lipinski definition) is 2. The molecule has 0 saturated heterocycles. The van der Waals surface area contributed by atoms with E-state index in [9.17, 15) is 8.42 Å². The molecule has 1 unspecified atom stereocenters. The molecular formula is C11H24O3S. The third kappa shape index (κ3) is 6.15. The summed E-state index contributed by atoms with van der Waals surface area (Å²) in [4.78, 5) is 0. The summed E-state index contributed by atoms with van der Waals surface area (Å²) in [6.07, 6.45) is 2.58. The summed E-state index contributed by atoms with van der Waals surface area (Å²) in [6, 6.07) is 0. The van der Waals surface area contributed by atoms with Crippen molar-refractivity contribution in [3.8, 4) is 0 Å². The van der Waals surface area contributed by atoms with Crippen LogP contribution in [-0.2, 0) is 10.1 Å². The maximum atomic E-state index is 10.9. The van der Waals surface area contributed by atoms with E-state index in [1.807, 2.05) is 13.8 Å². The predicted molar refractivity (Wildman–Crippen MR) is 63.5 cm³/mol.